The Hall–Kier alpha value is -2.55. The molecular formula is C14H16N4O5. The van der Waals surface area contributed by atoms with Crippen LogP contribution in [0.25, 0.3) is 0 Å². The summed E-state index contributed by atoms with van der Waals surface area (Å²) in [6.45, 7) is 0.297. The Kier molecular flexibility index (Phi) is 3.05. The minimum Gasteiger partial charge on any atom is -0.502 e. The number of amides is 2. The molecule has 3 N–H and O–H groups in total. The summed E-state index contributed by atoms with van der Waals surface area (Å²) in [7, 11) is 0. The minimum absolute atomic E-state index is 0.0836. The number of aromatic nitrogens is 1. The van der Waals surface area contributed by atoms with E-state index in [4.69, 9.17) is 4.74 Å². The van der Waals surface area contributed by atoms with E-state index in [9.17, 15) is 19.5 Å². The summed E-state index contributed by atoms with van der Waals surface area (Å²) in [5, 5.41) is 12.8. The van der Waals surface area contributed by atoms with Crippen molar-refractivity contribution in [2.75, 3.05) is 18.6 Å². The molecule has 4 rings (SSSR count). The van der Waals surface area contributed by atoms with Gasteiger partial charge in [0.2, 0.25) is 11.3 Å². The number of nitrogens with one attached hydrogen (secondary N) is 2. The van der Waals surface area contributed by atoms with Crippen molar-refractivity contribution in [1.29, 1.82) is 0 Å². The molecule has 1 aromatic rings. The number of pyridine rings is 1. The molecule has 2 atom stereocenters. The maximum Gasteiger partial charge on any atom is 0.278 e. The van der Waals surface area contributed by atoms with E-state index in [0.29, 0.717) is 0 Å². The standard InChI is InChI=1S/C14H16N4O5/c19-9-3-4-17-11(12(9)20)14(22)18-8(5-23-6-10(18)16-17)13(21)15-7-1-2-7/h3-4,7-8,10,16,20H,1-2,5-6H2,(H,15,21)/t8?,10-/m0/s1. The molecule has 1 saturated heterocycles. The van der Waals surface area contributed by atoms with Gasteiger partial charge in [-0.25, -0.2) is 0 Å². The summed E-state index contributed by atoms with van der Waals surface area (Å²) in [6, 6.07) is 0.535. The van der Waals surface area contributed by atoms with Crippen molar-refractivity contribution in [3.63, 3.8) is 0 Å². The second-order valence-corrected chi connectivity index (χ2v) is 5.94. The van der Waals surface area contributed by atoms with Crippen molar-refractivity contribution < 1.29 is 19.4 Å². The largest absolute Gasteiger partial charge is 0.502 e. The summed E-state index contributed by atoms with van der Waals surface area (Å²) >= 11 is 0. The fourth-order valence-electron chi connectivity index (χ4n) is 2.90. The molecule has 0 aromatic carbocycles. The molecule has 122 valence electrons. The molecular weight excluding hydrogens is 304 g/mol. The lowest BCUT2D eigenvalue weighted by Crippen LogP contribution is -2.66. The van der Waals surface area contributed by atoms with Crippen LogP contribution in [0.1, 0.15) is 23.3 Å². The third-order valence-electron chi connectivity index (χ3n) is 4.25. The number of nitrogens with zero attached hydrogens (tertiary/aromatic N) is 2. The number of fused-ring (bicyclic) bond motifs is 2. The number of ether oxygens (including phenoxy) is 1. The second-order valence-electron chi connectivity index (χ2n) is 5.94. The van der Waals surface area contributed by atoms with Crippen molar-refractivity contribution >= 4 is 11.8 Å². The first-order valence-corrected chi connectivity index (χ1v) is 7.48. The van der Waals surface area contributed by atoms with Gasteiger partial charge in [-0.2, -0.15) is 0 Å². The van der Waals surface area contributed by atoms with Crippen LogP contribution < -0.4 is 16.2 Å². The lowest BCUT2D eigenvalue weighted by Gasteiger charge is -2.45. The van der Waals surface area contributed by atoms with E-state index in [1.165, 1.54) is 15.8 Å². The molecule has 9 heteroatoms. The fraction of sp³-hybridized carbons (Fsp3) is 0.500. The Morgan fingerprint density at radius 2 is 2.13 bits per heavy atom. The number of rotatable bonds is 2. The highest BCUT2D eigenvalue weighted by atomic mass is 16.5. The van der Waals surface area contributed by atoms with E-state index >= 15 is 0 Å². The summed E-state index contributed by atoms with van der Waals surface area (Å²) in [5.74, 6) is -1.47. The first-order valence-electron chi connectivity index (χ1n) is 7.48. The minimum atomic E-state index is -0.794. The van der Waals surface area contributed by atoms with Gasteiger partial charge in [0.1, 0.15) is 12.2 Å². The van der Waals surface area contributed by atoms with Crippen LogP contribution in [0, 0.1) is 0 Å². The van der Waals surface area contributed by atoms with E-state index in [1.807, 2.05) is 0 Å². The lowest BCUT2D eigenvalue weighted by molar-refractivity contribution is -0.133. The van der Waals surface area contributed by atoms with Gasteiger partial charge in [0, 0.05) is 18.3 Å². The van der Waals surface area contributed by atoms with Gasteiger partial charge in [0.15, 0.2) is 11.4 Å². The van der Waals surface area contributed by atoms with Gasteiger partial charge in [0.25, 0.3) is 5.91 Å². The fourth-order valence-corrected chi connectivity index (χ4v) is 2.90. The van der Waals surface area contributed by atoms with Crippen LogP contribution in [-0.4, -0.2) is 58.0 Å². The van der Waals surface area contributed by atoms with Crippen molar-refractivity contribution in [2.24, 2.45) is 0 Å². The zero-order valence-electron chi connectivity index (χ0n) is 12.2. The number of carbonyl (C=O) groups excluding carboxylic acids is 2. The summed E-state index contributed by atoms with van der Waals surface area (Å²) in [6.07, 6.45) is 2.71. The van der Waals surface area contributed by atoms with Crippen LogP contribution >= 0.6 is 0 Å². The summed E-state index contributed by atoms with van der Waals surface area (Å²) < 4.78 is 6.73. The maximum atomic E-state index is 12.8. The normalized spacial score (nSPS) is 26.1. The zero-order chi connectivity index (χ0) is 16.1. The van der Waals surface area contributed by atoms with Crippen LogP contribution in [0.5, 0.6) is 5.75 Å². The number of hydrogen-bond donors (Lipinski definition) is 3. The Morgan fingerprint density at radius 3 is 2.87 bits per heavy atom. The highest BCUT2D eigenvalue weighted by Crippen LogP contribution is 2.26. The summed E-state index contributed by atoms with van der Waals surface area (Å²) in [4.78, 5) is 38.1. The average molecular weight is 320 g/mol. The van der Waals surface area contributed by atoms with Gasteiger partial charge in [-0.3, -0.25) is 24.0 Å². The van der Waals surface area contributed by atoms with E-state index in [0.717, 1.165) is 18.9 Å². The van der Waals surface area contributed by atoms with Crippen molar-refractivity contribution in [1.82, 2.24) is 14.9 Å². The van der Waals surface area contributed by atoms with E-state index in [-0.39, 0.29) is 30.9 Å². The molecule has 2 amide bonds. The van der Waals surface area contributed by atoms with Gasteiger partial charge in [0.05, 0.1) is 13.2 Å². The molecule has 0 spiro atoms. The van der Waals surface area contributed by atoms with Crippen LogP contribution in [0.15, 0.2) is 17.1 Å². The van der Waals surface area contributed by atoms with E-state index in [1.54, 1.807) is 0 Å². The topological polar surface area (TPSA) is 113 Å². The SMILES string of the molecule is O=C(NC1CC1)C1COC[C@H]2Nn3ccc(=O)c(O)c3C(=O)N12. The summed E-state index contributed by atoms with van der Waals surface area (Å²) in [5.41, 5.74) is 2.16. The van der Waals surface area contributed by atoms with E-state index in [2.05, 4.69) is 10.7 Å². The van der Waals surface area contributed by atoms with Crippen molar-refractivity contribution in [3.8, 4) is 5.75 Å². The molecule has 0 bridgehead atoms. The maximum absolute atomic E-state index is 12.8. The molecule has 23 heavy (non-hydrogen) atoms. The van der Waals surface area contributed by atoms with Crippen LogP contribution in [0.4, 0.5) is 0 Å². The lowest BCUT2D eigenvalue weighted by atomic mass is 10.1. The Bertz CT molecular complexity index is 741. The van der Waals surface area contributed by atoms with Gasteiger partial charge in [-0.15, -0.1) is 0 Å². The Morgan fingerprint density at radius 1 is 1.35 bits per heavy atom. The monoisotopic (exact) mass is 320 g/mol. The third-order valence-corrected chi connectivity index (χ3v) is 4.25. The zero-order valence-corrected chi connectivity index (χ0v) is 12.2. The number of morpholine rings is 1. The molecule has 1 aliphatic carbocycles. The first-order chi connectivity index (χ1) is 11.1. The third kappa shape index (κ3) is 2.24. The molecule has 1 aromatic heterocycles. The van der Waals surface area contributed by atoms with Gasteiger partial charge in [-0.1, -0.05) is 0 Å². The van der Waals surface area contributed by atoms with Crippen molar-refractivity contribution in [3.05, 3.63) is 28.2 Å². The highest BCUT2D eigenvalue weighted by Gasteiger charge is 2.45. The van der Waals surface area contributed by atoms with Crippen molar-refractivity contribution in [2.45, 2.75) is 31.1 Å². The van der Waals surface area contributed by atoms with Crippen LogP contribution in [0.3, 0.4) is 0 Å². The highest BCUT2D eigenvalue weighted by molar-refractivity contribution is 5.99. The quantitative estimate of drug-likeness (QED) is 0.615. The molecule has 0 radical (unpaired) electrons. The van der Waals surface area contributed by atoms with Gasteiger partial charge >= 0.3 is 0 Å². The number of aromatic hydroxyl groups is 1. The predicted molar refractivity (Wildman–Crippen MR) is 77.5 cm³/mol. The molecule has 9 nitrogen and oxygen atoms in total. The molecule has 1 unspecified atom stereocenters. The Balaban J connectivity index is 1.70. The van der Waals surface area contributed by atoms with Crippen LogP contribution in [0.2, 0.25) is 0 Å². The molecule has 2 fully saturated rings. The van der Waals surface area contributed by atoms with E-state index < -0.39 is 29.3 Å². The van der Waals surface area contributed by atoms with Gasteiger partial charge in [-0.05, 0) is 12.8 Å². The Labute approximate surface area is 130 Å². The predicted octanol–water partition coefficient (Wildman–Crippen LogP) is -1.44. The molecule has 3 aliphatic rings. The van der Waals surface area contributed by atoms with Crippen LogP contribution in [-0.2, 0) is 9.53 Å². The number of hydrogen-bond acceptors (Lipinski definition) is 6. The molecule has 3 heterocycles. The first kappa shape index (κ1) is 14.1. The molecule has 2 aliphatic heterocycles. The smallest absolute Gasteiger partial charge is 0.278 e. The number of carbonyl (C=O) groups is 2. The van der Waals surface area contributed by atoms with Gasteiger partial charge < -0.3 is 20.6 Å². The second kappa shape index (κ2) is 4.98. The average Bonchev–Trinajstić information content (AvgIpc) is 3.34. The molecule has 1 saturated carbocycles.